The molecule has 2 heteroatoms. The Morgan fingerprint density at radius 1 is 0.429 bits per heavy atom. The average molecular weight is 643 g/mol. The monoisotopic (exact) mass is 642 g/mol. The minimum atomic E-state index is 0.132. The van der Waals surface area contributed by atoms with Crippen molar-refractivity contribution in [1.29, 1.82) is 0 Å². The van der Waals surface area contributed by atoms with Crippen LogP contribution in [0.2, 0.25) is 0 Å². The molecule has 0 saturated heterocycles. The molecule has 0 aliphatic carbocycles. The Kier molecular flexibility index (Phi) is 10.3. The average Bonchev–Trinajstić information content (AvgIpc) is 3.14. The number of hydrogen-bond donors (Lipinski definition) is 0. The third-order valence-corrected chi connectivity index (χ3v) is 10.3. The third kappa shape index (κ3) is 7.34. The lowest BCUT2D eigenvalue weighted by Gasteiger charge is -2.34. The maximum Gasteiger partial charge on any atom is 0.0462 e. The van der Waals surface area contributed by atoms with Crippen LogP contribution in [-0.4, -0.2) is 0 Å². The SMILES string of the molecule is CCC(CC)C(C)(C)c1ccc(N(c2ccccc2)c2ccc(-c3ccc(N(c4ccccc4)c4ccc(C(C)C)cc4)cc3)cc2)cc1. The second-order valence-electron chi connectivity index (χ2n) is 14.0. The van der Waals surface area contributed by atoms with E-state index in [0.717, 1.165) is 34.1 Å². The lowest BCUT2D eigenvalue weighted by atomic mass is 9.71. The van der Waals surface area contributed by atoms with Gasteiger partial charge in [0.1, 0.15) is 0 Å². The summed E-state index contributed by atoms with van der Waals surface area (Å²) in [5, 5.41) is 0. The highest BCUT2D eigenvalue weighted by atomic mass is 15.1. The fraction of sp³-hybridized carbons (Fsp3) is 0.234. The lowest BCUT2D eigenvalue weighted by Crippen LogP contribution is -2.27. The van der Waals surface area contributed by atoms with Crippen LogP contribution in [0.15, 0.2) is 158 Å². The molecule has 0 bridgehead atoms. The molecule has 6 aromatic carbocycles. The third-order valence-electron chi connectivity index (χ3n) is 10.3. The molecule has 49 heavy (non-hydrogen) atoms. The minimum absolute atomic E-state index is 0.132. The van der Waals surface area contributed by atoms with Crippen LogP contribution in [0, 0.1) is 5.92 Å². The highest BCUT2D eigenvalue weighted by Gasteiger charge is 2.29. The van der Waals surface area contributed by atoms with Gasteiger partial charge in [-0.05, 0) is 112 Å². The number of nitrogens with zero attached hydrogens (tertiary/aromatic N) is 2. The predicted molar refractivity (Wildman–Crippen MR) is 212 cm³/mol. The zero-order chi connectivity index (χ0) is 34.4. The van der Waals surface area contributed by atoms with Gasteiger partial charge in [0.05, 0.1) is 0 Å². The smallest absolute Gasteiger partial charge is 0.0462 e. The summed E-state index contributed by atoms with van der Waals surface area (Å²) in [6, 6.07) is 57.4. The summed E-state index contributed by atoms with van der Waals surface area (Å²) < 4.78 is 0. The van der Waals surface area contributed by atoms with Gasteiger partial charge in [-0.15, -0.1) is 0 Å². The summed E-state index contributed by atoms with van der Waals surface area (Å²) in [5.41, 5.74) is 12.1. The van der Waals surface area contributed by atoms with Crippen molar-refractivity contribution in [3.05, 3.63) is 169 Å². The molecule has 0 N–H and O–H groups in total. The van der Waals surface area contributed by atoms with Crippen LogP contribution in [0.5, 0.6) is 0 Å². The Balaban J connectivity index is 1.29. The zero-order valence-electron chi connectivity index (χ0n) is 30.0. The van der Waals surface area contributed by atoms with E-state index in [0.29, 0.717) is 11.8 Å². The van der Waals surface area contributed by atoms with Gasteiger partial charge in [-0.1, -0.05) is 139 Å². The van der Waals surface area contributed by atoms with Gasteiger partial charge in [-0.3, -0.25) is 0 Å². The van der Waals surface area contributed by atoms with Gasteiger partial charge in [0.2, 0.25) is 0 Å². The van der Waals surface area contributed by atoms with E-state index >= 15 is 0 Å². The van der Waals surface area contributed by atoms with Crippen molar-refractivity contribution in [2.24, 2.45) is 5.92 Å². The molecule has 0 aliphatic rings. The minimum Gasteiger partial charge on any atom is -0.311 e. The number of anilines is 6. The van der Waals surface area contributed by atoms with Gasteiger partial charge in [-0.2, -0.15) is 0 Å². The van der Waals surface area contributed by atoms with Crippen LogP contribution >= 0.6 is 0 Å². The number of para-hydroxylation sites is 2. The van der Waals surface area contributed by atoms with Crippen molar-refractivity contribution in [2.45, 2.75) is 65.7 Å². The van der Waals surface area contributed by atoms with E-state index in [1.165, 1.54) is 35.1 Å². The van der Waals surface area contributed by atoms with E-state index in [4.69, 9.17) is 0 Å². The summed E-state index contributed by atoms with van der Waals surface area (Å²) in [6.45, 7) is 13.9. The Morgan fingerprint density at radius 2 is 0.755 bits per heavy atom. The van der Waals surface area contributed by atoms with Crippen LogP contribution in [-0.2, 0) is 5.41 Å². The van der Waals surface area contributed by atoms with Crippen molar-refractivity contribution in [1.82, 2.24) is 0 Å². The molecule has 6 rings (SSSR count). The molecule has 0 spiro atoms. The highest BCUT2D eigenvalue weighted by Crippen LogP contribution is 2.40. The molecular weight excluding hydrogens is 593 g/mol. The lowest BCUT2D eigenvalue weighted by molar-refractivity contribution is 0.299. The van der Waals surface area contributed by atoms with E-state index in [2.05, 4.69) is 209 Å². The standard InChI is InChI=1S/C47H50N2/c1-7-39(8-2)47(5,6)40-25-33-46(34-26-40)49(42-17-13-10-14-18-42)45-31-23-38(24-32-45)37-21-29-44(30-22-37)48(41-15-11-9-12-16-41)43-27-19-36(20-28-43)35(3)4/h9-35,39H,7-8H2,1-6H3. The fourth-order valence-electron chi connectivity index (χ4n) is 7.25. The molecule has 0 heterocycles. The normalized spacial score (nSPS) is 11.6. The second kappa shape index (κ2) is 15.0. The summed E-state index contributed by atoms with van der Waals surface area (Å²) in [6.07, 6.45) is 2.38. The highest BCUT2D eigenvalue weighted by molar-refractivity contribution is 5.80. The Hall–Kier alpha value is -5.08. The van der Waals surface area contributed by atoms with E-state index < -0.39 is 0 Å². The quantitative estimate of drug-likeness (QED) is 0.131. The Labute approximate surface area is 294 Å². The van der Waals surface area contributed by atoms with Crippen LogP contribution in [0.1, 0.15) is 71.4 Å². The maximum atomic E-state index is 2.39. The number of hydrogen-bond acceptors (Lipinski definition) is 2. The Bertz CT molecular complexity index is 1880. The summed E-state index contributed by atoms with van der Waals surface area (Å²) >= 11 is 0. The van der Waals surface area contributed by atoms with Crippen LogP contribution < -0.4 is 9.80 Å². The van der Waals surface area contributed by atoms with E-state index in [1.54, 1.807) is 0 Å². The van der Waals surface area contributed by atoms with Crippen LogP contribution in [0.25, 0.3) is 11.1 Å². The van der Waals surface area contributed by atoms with E-state index in [9.17, 15) is 0 Å². The van der Waals surface area contributed by atoms with Gasteiger partial charge < -0.3 is 9.80 Å². The van der Waals surface area contributed by atoms with Gasteiger partial charge in [-0.25, -0.2) is 0 Å². The maximum absolute atomic E-state index is 2.39. The molecule has 0 atom stereocenters. The summed E-state index contributed by atoms with van der Waals surface area (Å²) in [4.78, 5) is 4.68. The molecule has 0 unspecified atom stereocenters. The molecule has 0 amide bonds. The van der Waals surface area contributed by atoms with E-state index in [-0.39, 0.29) is 5.41 Å². The van der Waals surface area contributed by atoms with Gasteiger partial charge in [0.25, 0.3) is 0 Å². The van der Waals surface area contributed by atoms with Gasteiger partial charge in [0.15, 0.2) is 0 Å². The van der Waals surface area contributed by atoms with E-state index in [1.807, 2.05) is 0 Å². The van der Waals surface area contributed by atoms with Gasteiger partial charge >= 0.3 is 0 Å². The van der Waals surface area contributed by atoms with Crippen molar-refractivity contribution in [2.75, 3.05) is 9.80 Å². The molecule has 0 saturated carbocycles. The Morgan fingerprint density at radius 3 is 1.10 bits per heavy atom. The predicted octanol–water partition coefficient (Wildman–Crippen LogP) is 14.1. The van der Waals surface area contributed by atoms with Crippen LogP contribution in [0.3, 0.4) is 0 Å². The molecular formula is C47H50N2. The number of benzene rings is 6. The first-order chi connectivity index (χ1) is 23.8. The second-order valence-corrected chi connectivity index (χ2v) is 14.0. The first-order valence-electron chi connectivity index (χ1n) is 17.9. The molecule has 0 radical (unpaired) electrons. The summed E-state index contributed by atoms with van der Waals surface area (Å²) in [5.74, 6) is 1.16. The first-order valence-corrected chi connectivity index (χ1v) is 17.9. The van der Waals surface area contributed by atoms with Crippen molar-refractivity contribution in [3.63, 3.8) is 0 Å². The molecule has 0 fully saturated rings. The molecule has 0 aliphatic heterocycles. The fourth-order valence-corrected chi connectivity index (χ4v) is 7.25. The van der Waals surface area contributed by atoms with Crippen molar-refractivity contribution < 1.29 is 0 Å². The van der Waals surface area contributed by atoms with Crippen molar-refractivity contribution in [3.8, 4) is 11.1 Å². The zero-order valence-corrected chi connectivity index (χ0v) is 30.0. The first kappa shape index (κ1) is 33.8. The topological polar surface area (TPSA) is 6.48 Å². The van der Waals surface area contributed by atoms with Crippen molar-refractivity contribution >= 4 is 34.1 Å². The largest absolute Gasteiger partial charge is 0.311 e. The number of rotatable bonds is 12. The van der Waals surface area contributed by atoms with Crippen LogP contribution in [0.4, 0.5) is 34.1 Å². The molecule has 6 aromatic rings. The molecule has 2 nitrogen and oxygen atoms in total. The summed E-state index contributed by atoms with van der Waals surface area (Å²) in [7, 11) is 0. The molecule has 0 aromatic heterocycles. The molecule has 248 valence electrons. The van der Waals surface area contributed by atoms with Gasteiger partial charge in [0, 0.05) is 34.1 Å².